The molecule has 4 rings (SSSR count). The van der Waals surface area contributed by atoms with Gasteiger partial charge in [0.25, 0.3) is 0 Å². The molecule has 0 radical (unpaired) electrons. The molecule has 5 nitrogen and oxygen atoms in total. The zero-order valence-electron chi connectivity index (χ0n) is 17.7. The van der Waals surface area contributed by atoms with Crippen LogP contribution in [0.15, 0.2) is 83.3 Å². The van der Waals surface area contributed by atoms with E-state index in [9.17, 15) is 9.90 Å². The van der Waals surface area contributed by atoms with Crippen molar-refractivity contribution in [1.29, 1.82) is 0 Å². The van der Waals surface area contributed by atoms with E-state index in [1.807, 2.05) is 72.2 Å². The molecule has 6 heteroatoms. The van der Waals surface area contributed by atoms with Gasteiger partial charge in [-0.1, -0.05) is 34.1 Å². The van der Waals surface area contributed by atoms with Gasteiger partial charge in [0.15, 0.2) is 0 Å². The molecule has 0 amide bonds. The van der Waals surface area contributed by atoms with E-state index < -0.39 is 5.97 Å². The van der Waals surface area contributed by atoms with E-state index >= 15 is 0 Å². The third-order valence-corrected chi connectivity index (χ3v) is 5.69. The summed E-state index contributed by atoms with van der Waals surface area (Å²) < 4.78 is 14.4. The lowest BCUT2D eigenvalue weighted by Crippen LogP contribution is -2.04. The number of ether oxygens (including phenoxy) is 2. The fourth-order valence-corrected chi connectivity index (χ4v) is 3.94. The number of carboxylic acids is 1. The molecule has 162 valence electrons. The van der Waals surface area contributed by atoms with Gasteiger partial charge < -0.3 is 19.1 Å². The molecule has 0 spiro atoms. The van der Waals surface area contributed by atoms with E-state index in [-0.39, 0.29) is 5.56 Å². The zero-order chi connectivity index (χ0) is 22.7. The molecule has 0 saturated carbocycles. The highest BCUT2D eigenvalue weighted by molar-refractivity contribution is 9.10. The van der Waals surface area contributed by atoms with Crippen molar-refractivity contribution in [1.82, 2.24) is 4.57 Å². The number of hydrogen-bond acceptors (Lipinski definition) is 3. The number of benzene rings is 3. The van der Waals surface area contributed by atoms with Gasteiger partial charge in [0.1, 0.15) is 18.1 Å². The van der Waals surface area contributed by atoms with Gasteiger partial charge in [-0.25, -0.2) is 4.79 Å². The Kier molecular flexibility index (Phi) is 6.32. The Hall–Kier alpha value is -3.51. The molecular weight excluding hydrogens is 470 g/mol. The van der Waals surface area contributed by atoms with Crippen LogP contribution in [0.4, 0.5) is 0 Å². The van der Waals surface area contributed by atoms with E-state index in [0.29, 0.717) is 6.61 Å². The standard InChI is InChI=1S/C26H22BrNO4/c1-17-6-12-24(28(17)21-5-3-4-19(14-21)26(29)30)23-15-20(27)9-13-25(23)32-16-18-7-10-22(31-2)11-8-18/h3-15H,16H2,1-2H3,(H,29,30). The van der Waals surface area contributed by atoms with E-state index in [0.717, 1.165) is 44.2 Å². The van der Waals surface area contributed by atoms with Crippen molar-refractivity contribution in [2.75, 3.05) is 7.11 Å². The molecular formula is C26H22BrNO4. The first kappa shape index (κ1) is 21.7. The highest BCUT2D eigenvalue weighted by Gasteiger charge is 2.16. The number of rotatable bonds is 7. The van der Waals surface area contributed by atoms with Crippen LogP contribution < -0.4 is 9.47 Å². The number of nitrogens with zero attached hydrogens (tertiary/aromatic N) is 1. The molecule has 0 unspecified atom stereocenters. The SMILES string of the molecule is COc1ccc(COc2ccc(Br)cc2-c2ccc(C)n2-c2cccc(C(=O)O)c2)cc1. The van der Waals surface area contributed by atoms with Crippen LogP contribution in [0.1, 0.15) is 21.6 Å². The van der Waals surface area contributed by atoms with E-state index in [1.54, 1.807) is 25.3 Å². The lowest BCUT2D eigenvalue weighted by molar-refractivity contribution is 0.0697. The van der Waals surface area contributed by atoms with Gasteiger partial charge in [0.05, 0.1) is 18.4 Å². The first-order valence-electron chi connectivity index (χ1n) is 10.0. The zero-order valence-corrected chi connectivity index (χ0v) is 19.3. The van der Waals surface area contributed by atoms with Crippen molar-refractivity contribution >= 4 is 21.9 Å². The number of halogens is 1. The highest BCUT2D eigenvalue weighted by atomic mass is 79.9. The summed E-state index contributed by atoms with van der Waals surface area (Å²) in [7, 11) is 1.64. The van der Waals surface area contributed by atoms with Gasteiger partial charge in [-0.3, -0.25) is 0 Å². The van der Waals surface area contributed by atoms with Gasteiger partial charge >= 0.3 is 5.97 Å². The maximum atomic E-state index is 11.5. The summed E-state index contributed by atoms with van der Waals surface area (Å²) >= 11 is 3.57. The second-order valence-electron chi connectivity index (χ2n) is 7.33. The molecule has 0 aliphatic carbocycles. The van der Waals surface area contributed by atoms with Crippen LogP contribution in [0.25, 0.3) is 16.9 Å². The van der Waals surface area contributed by atoms with Crippen molar-refractivity contribution in [3.05, 3.63) is 100 Å². The van der Waals surface area contributed by atoms with Crippen LogP contribution in [-0.4, -0.2) is 22.8 Å². The van der Waals surface area contributed by atoms with Gasteiger partial charge in [0, 0.05) is 21.4 Å². The lowest BCUT2D eigenvalue weighted by atomic mass is 10.1. The highest BCUT2D eigenvalue weighted by Crippen LogP contribution is 2.36. The van der Waals surface area contributed by atoms with Crippen molar-refractivity contribution in [2.24, 2.45) is 0 Å². The Bertz CT molecular complexity index is 1260. The van der Waals surface area contributed by atoms with Crippen LogP contribution in [-0.2, 0) is 6.61 Å². The van der Waals surface area contributed by atoms with Crippen molar-refractivity contribution < 1.29 is 19.4 Å². The normalized spacial score (nSPS) is 10.7. The molecule has 0 aliphatic heterocycles. The molecule has 0 fully saturated rings. The molecule has 4 aromatic rings. The maximum Gasteiger partial charge on any atom is 0.335 e. The summed E-state index contributed by atoms with van der Waals surface area (Å²) in [5.41, 5.74) is 4.86. The first-order chi connectivity index (χ1) is 15.5. The average molecular weight is 492 g/mol. The third kappa shape index (κ3) is 4.55. The average Bonchev–Trinajstić information content (AvgIpc) is 3.19. The van der Waals surface area contributed by atoms with Gasteiger partial charge in [-0.05, 0) is 73.2 Å². The van der Waals surface area contributed by atoms with Crippen LogP contribution in [0, 0.1) is 6.92 Å². The summed E-state index contributed by atoms with van der Waals surface area (Å²) in [6.07, 6.45) is 0. The minimum atomic E-state index is -0.954. The van der Waals surface area contributed by atoms with Crippen LogP contribution >= 0.6 is 15.9 Å². The smallest absolute Gasteiger partial charge is 0.335 e. The van der Waals surface area contributed by atoms with Crippen LogP contribution in [0.2, 0.25) is 0 Å². The number of aromatic nitrogens is 1. The molecule has 0 aliphatic rings. The van der Waals surface area contributed by atoms with Crippen molar-refractivity contribution in [3.63, 3.8) is 0 Å². The number of methoxy groups -OCH3 is 1. The molecule has 0 atom stereocenters. The molecule has 0 saturated heterocycles. The molecule has 1 N–H and O–H groups in total. The Morgan fingerprint density at radius 1 is 1.00 bits per heavy atom. The van der Waals surface area contributed by atoms with Gasteiger partial charge in [-0.2, -0.15) is 0 Å². The maximum absolute atomic E-state index is 11.5. The number of hydrogen-bond donors (Lipinski definition) is 1. The Labute approximate surface area is 195 Å². The number of carboxylic acid groups (broad SMARTS) is 1. The van der Waals surface area contributed by atoms with Gasteiger partial charge in [0.2, 0.25) is 0 Å². The summed E-state index contributed by atoms with van der Waals surface area (Å²) in [5, 5.41) is 9.41. The first-order valence-corrected chi connectivity index (χ1v) is 10.8. The minimum absolute atomic E-state index is 0.242. The largest absolute Gasteiger partial charge is 0.497 e. The molecule has 0 bridgehead atoms. The Balaban J connectivity index is 1.72. The van der Waals surface area contributed by atoms with Crippen LogP contribution in [0.3, 0.4) is 0 Å². The summed E-state index contributed by atoms with van der Waals surface area (Å²) in [6.45, 7) is 2.40. The van der Waals surface area contributed by atoms with E-state index in [1.165, 1.54) is 0 Å². The molecule has 1 aromatic heterocycles. The van der Waals surface area contributed by atoms with Crippen LogP contribution in [0.5, 0.6) is 11.5 Å². The lowest BCUT2D eigenvalue weighted by Gasteiger charge is -2.17. The molecule has 3 aromatic carbocycles. The number of aromatic carboxylic acids is 1. The summed E-state index contributed by atoms with van der Waals surface area (Å²) in [5.74, 6) is 0.580. The Morgan fingerprint density at radius 2 is 1.78 bits per heavy atom. The summed E-state index contributed by atoms with van der Waals surface area (Å²) in [6, 6.07) is 24.6. The number of carbonyl (C=O) groups is 1. The van der Waals surface area contributed by atoms with Crippen molar-refractivity contribution in [2.45, 2.75) is 13.5 Å². The van der Waals surface area contributed by atoms with E-state index in [2.05, 4.69) is 15.9 Å². The van der Waals surface area contributed by atoms with E-state index in [4.69, 9.17) is 9.47 Å². The quantitative estimate of drug-likeness (QED) is 0.320. The number of aryl methyl sites for hydroxylation is 1. The monoisotopic (exact) mass is 491 g/mol. The molecule has 1 heterocycles. The second kappa shape index (κ2) is 9.32. The second-order valence-corrected chi connectivity index (χ2v) is 8.24. The minimum Gasteiger partial charge on any atom is -0.497 e. The molecule has 32 heavy (non-hydrogen) atoms. The Morgan fingerprint density at radius 3 is 2.50 bits per heavy atom. The topological polar surface area (TPSA) is 60.7 Å². The van der Waals surface area contributed by atoms with Gasteiger partial charge in [-0.15, -0.1) is 0 Å². The predicted molar refractivity (Wildman–Crippen MR) is 128 cm³/mol. The third-order valence-electron chi connectivity index (χ3n) is 5.20. The fraction of sp³-hybridized carbons (Fsp3) is 0.115. The van der Waals surface area contributed by atoms with Crippen molar-refractivity contribution in [3.8, 4) is 28.4 Å². The summed E-state index contributed by atoms with van der Waals surface area (Å²) in [4.78, 5) is 11.5. The predicted octanol–water partition coefficient (Wildman–Crippen LogP) is 6.50. The fourth-order valence-electron chi connectivity index (χ4n) is 3.58.